The Hall–Kier alpha value is -3.27. The molecule has 6 heteroatoms. The lowest BCUT2D eigenvalue weighted by Gasteiger charge is -2.06. The molecule has 2 aliphatic carbocycles. The summed E-state index contributed by atoms with van der Waals surface area (Å²) in [5, 5.41) is 0. The standard InChI is InChI=1S/2C10H6O2.4C2H6.3CH4.2B/c2*11-9-5-6-10(12)8-4-2-1-3-7(8)9;4*1-2;;;;;/h2*1-6H;4*1-2H3;3*1H4;;. The fraction of sp³-hybridized carbons (Fsp3) is 0.355. The maximum Gasteiger partial charge on any atom is 0.186 e. The lowest BCUT2D eigenvalue weighted by Crippen LogP contribution is -2.10. The molecule has 0 aliphatic heterocycles. The monoisotopic (exact) mass is 506 g/mol. The molecule has 202 valence electrons. The van der Waals surface area contributed by atoms with Gasteiger partial charge in [-0.25, -0.2) is 0 Å². The third-order valence-electron chi connectivity index (χ3n) is 3.69. The van der Waals surface area contributed by atoms with Crippen LogP contribution in [0.5, 0.6) is 0 Å². The Balaban J connectivity index is -0.0000000693. The molecule has 0 amide bonds. The smallest absolute Gasteiger partial charge is 0.186 e. The predicted molar refractivity (Wildman–Crippen MR) is 166 cm³/mol. The van der Waals surface area contributed by atoms with Crippen molar-refractivity contribution >= 4 is 40.0 Å². The average Bonchev–Trinajstić information content (AvgIpc) is 2.89. The van der Waals surface area contributed by atoms with Gasteiger partial charge in [-0.2, -0.15) is 0 Å². The first-order valence-electron chi connectivity index (χ1n) is 11.3. The summed E-state index contributed by atoms with van der Waals surface area (Å²) < 4.78 is 0. The summed E-state index contributed by atoms with van der Waals surface area (Å²) in [6, 6.07) is 13.7. The molecule has 2 aromatic carbocycles. The van der Waals surface area contributed by atoms with E-state index in [2.05, 4.69) is 0 Å². The van der Waals surface area contributed by atoms with Crippen LogP contribution in [0.3, 0.4) is 0 Å². The van der Waals surface area contributed by atoms with Crippen LogP contribution in [-0.4, -0.2) is 40.0 Å². The molecule has 4 nitrogen and oxygen atoms in total. The number of rotatable bonds is 0. The highest BCUT2D eigenvalue weighted by atomic mass is 16.1. The highest BCUT2D eigenvalue weighted by molar-refractivity contribution is 6.22. The Bertz CT molecular complexity index is 794. The van der Waals surface area contributed by atoms with Gasteiger partial charge >= 0.3 is 0 Å². The van der Waals surface area contributed by atoms with E-state index in [0.717, 1.165) is 0 Å². The van der Waals surface area contributed by atoms with Crippen LogP contribution in [0, 0.1) is 0 Å². The third kappa shape index (κ3) is 15.4. The van der Waals surface area contributed by atoms with E-state index in [9.17, 15) is 19.2 Å². The summed E-state index contributed by atoms with van der Waals surface area (Å²) in [6.07, 6.45) is 5.24. The summed E-state index contributed by atoms with van der Waals surface area (Å²) in [4.78, 5) is 44.8. The van der Waals surface area contributed by atoms with Crippen LogP contribution in [0.1, 0.15) is 119 Å². The first-order valence-corrected chi connectivity index (χ1v) is 11.3. The molecule has 0 saturated heterocycles. The van der Waals surface area contributed by atoms with Gasteiger partial charge in [-0.15, -0.1) is 0 Å². The van der Waals surface area contributed by atoms with Crippen LogP contribution in [0.4, 0.5) is 0 Å². The van der Waals surface area contributed by atoms with Gasteiger partial charge in [-0.1, -0.05) is 126 Å². The summed E-state index contributed by atoms with van der Waals surface area (Å²) in [5.74, 6) is -0.370. The largest absolute Gasteiger partial charge is 0.289 e. The van der Waals surface area contributed by atoms with Gasteiger partial charge in [0.25, 0.3) is 0 Å². The number of carbonyl (C=O) groups is 4. The first-order chi connectivity index (χ1) is 15.6. The average molecular weight is 506 g/mol. The maximum absolute atomic E-state index is 11.2. The first kappa shape index (κ1) is 50.6. The molecule has 6 radical (unpaired) electrons. The molecule has 0 N–H and O–H groups in total. The van der Waals surface area contributed by atoms with Crippen LogP contribution >= 0.6 is 0 Å². The Morgan fingerprint density at radius 2 is 0.486 bits per heavy atom. The Labute approximate surface area is 231 Å². The molecule has 0 saturated carbocycles. The highest BCUT2D eigenvalue weighted by Crippen LogP contribution is 2.16. The van der Waals surface area contributed by atoms with E-state index in [1.807, 2.05) is 55.4 Å². The highest BCUT2D eigenvalue weighted by Gasteiger charge is 2.17. The normalized spacial score (nSPS) is 10.2. The van der Waals surface area contributed by atoms with Gasteiger partial charge in [-0.3, -0.25) is 19.2 Å². The Morgan fingerprint density at radius 1 is 0.351 bits per heavy atom. The number of carbonyl (C=O) groups excluding carboxylic acids is 4. The molecule has 0 bridgehead atoms. The number of hydrogen-bond acceptors (Lipinski definition) is 4. The van der Waals surface area contributed by atoms with Gasteiger partial charge in [0.15, 0.2) is 23.1 Å². The SMILES string of the molecule is C.C.C.CC.CC.CC.CC.O=C1C=CC(=O)c2ccccc21.O=C1C=CC(=O)c2ccccc21.[B].[B]. The molecule has 0 spiro atoms. The molecule has 0 fully saturated rings. The minimum Gasteiger partial charge on any atom is -0.289 e. The second kappa shape index (κ2) is 30.8. The maximum atomic E-state index is 11.2. The molecule has 0 atom stereocenters. The minimum absolute atomic E-state index is 0. The molecule has 37 heavy (non-hydrogen) atoms. The molecule has 4 rings (SSSR count). The van der Waals surface area contributed by atoms with E-state index in [-0.39, 0.29) is 62.2 Å². The van der Waals surface area contributed by atoms with Gasteiger partial charge in [0.05, 0.1) is 0 Å². The van der Waals surface area contributed by atoms with Crippen LogP contribution in [0.25, 0.3) is 0 Å². The van der Waals surface area contributed by atoms with E-state index in [1.165, 1.54) is 24.3 Å². The summed E-state index contributed by atoms with van der Waals surface area (Å²) in [6.45, 7) is 16.0. The lowest BCUT2D eigenvalue weighted by atomic mass is 9.95. The zero-order chi connectivity index (χ0) is 25.1. The summed E-state index contributed by atoms with van der Waals surface area (Å²) >= 11 is 0. The Morgan fingerprint density at radius 3 is 0.622 bits per heavy atom. The second-order valence-corrected chi connectivity index (χ2v) is 5.21. The van der Waals surface area contributed by atoms with Crippen LogP contribution in [0.2, 0.25) is 0 Å². The van der Waals surface area contributed by atoms with E-state index in [4.69, 9.17) is 0 Å². The van der Waals surface area contributed by atoms with Gasteiger partial charge in [0.2, 0.25) is 0 Å². The van der Waals surface area contributed by atoms with Crippen molar-refractivity contribution in [3.05, 3.63) is 95.1 Å². The number of fused-ring (bicyclic) bond motifs is 2. The number of ketones is 4. The zero-order valence-electron chi connectivity index (χ0n) is 21.7. The van der Waals surface area contributed by atoms with Crippen LogP contribution in [0.15, 0.2) is 72.8 Å². The Kier molecular flexibility index (Phi) is 42.0. The molecule has 0 unspecified atom stereocenters. The van der Waals surface area contributed by atoms with Crippen molar-refractivity contribution < 1.29 is 19.2 Å². The van der Waals surface area contributed by atoms with Crippen molar-refractivity contribution in [2.75, 3.05) is 0 Å². The molecular formula is C31H48B2O4. The topological polar surface area (TPSA) is 68.3 Å². The summed E-state index contributed by atoms with van der Waals surface area (Å²) in [7, 11) is 0. The quantitative estimate of drug-likeness (QED) is 0.336. The second-order valence-electron chi connectivity index (χ2n) is 5.21. The lowest BCUT2D eigenvalue weighted by molar-refractivity contribution is 0.0994. The van der Waals surface area contributed by atoms with Gasteiger partial charge in [-0.05, 0) is 24.3 Å². The van der Waals surface area contributed by atoms with Crippen molar-refractivity contribution in [2.45, 2.75) is 77.7 Å². The predicted octanol–water partition coefficient (Wildman–Crippen LogP) is 8.50. The molecule has 0 heterocycles. The minimum atomic E-state index is -0.0924. The fourth-order valence-corrected chi connectivity index (χ4v) is 2.49. The third-order valence-corrected chi connectivity index (χ3v) is 3.69. The van der Waals surface area contributed by atoms with Crippen molar-refractivity contribution in [1.29, 1.82) is 0 Å². The van der Waals surface area contributed by atoms with E-state index >= 15 is 0 Å². The summed E-state index contributed by atoms with van der Waals surface area (Å²) in [5.41, 5.74) is 2.02. The van der Waals surface area contributed by atoms with E-state index in [1.54, 1.807) is 48.5 Å². The molecular weight excluding hydrogens is 458 g/mol. The molecule has 2 aliphatic rings. The van der Waals surface area contributed by atoms with Crippen LogP contribution < -0.4 is 0 Å². The number of hydrogen-bond donors (Lipinski definition) is 0. The fourth-order valence-electron chi connectivity index (χ4n) is 2.49. The zero-order valence-corrected chi connectivity index (χ0v) is 21.7. The van der Waals surface area contributed by atoms with Gasteiger partial charge in [0, 0.05) is 39.1 Å². The number of allylic oxidation sites excluding steroid dienone is 4. The van der Waals surface area contributed by atoms with E-state index < -0.39 is 0 Å². The van der Waals surface area contributed by atoms with Crippen molar-refractivity contribution in [2.24, 2.45) is 0 Å². The van der Waals surface area contributed by atoms with Crippen LogP contribution in [-0.2, 0) is 0 Å². The van der Waals surface area contributed by atoms with Crippen molar-refractivity contribution in [3.8, 4) is 0 Å². The number of benzene rings is 2. The van der Waals surface area contributed by atoms with Gasteiger partial charge in [0.1, 0.15) is 0 Å². The van der Waals surface area contributed by atoms with Gasteiger partial charge < -0.3 is 0 Å². The molecule has 0 aromatic heterocycles. The molecule has 2 aromatic rings. The van der Waals surface area contributed by atoms with Crippen molar-refractivity contribution in [1.82, 2.24) is 0 Å². The van der Waals surface area contributed by atoms with Crippen molar-refractivity contribution in [3.63, 3.8) is 0 Å². The van der Waals surface area contributed by atoms with E-state index in [0.29, 0.717) is 22.3 Å².